The third-order valence-corrected chi connectivity index (χ3v) is 5.30. The number of nitrogens with one attached hydrogen (secondary N) is 1. The first-order chi connectivity index (χ1) is 15.1. The highest BCUT2D eigenvalue weighted by atomic mass is 35.5. The van der Waals surface area contributed by atoms with Crippen LogP contribution in [-0.4, -0.2) is 25.5 Å². The highest BCUT2D eigenvalue weighted by molar-refractivity contribution is 6.33. The third kappa shape index (κ3) is 4.29. The van der Waals surface area contributed by atoms with E-state index in [9.17, 15) is 18.0 Å². The van der Waals surface area contributed by atoms with E-state index in [0.717, 1.165) is 12.1 Å². The van der Waals surface area contributed by atoms with Gasteiger partial charge in [0.25, 0.3) is 5.78 Å². The Balaban J connectivity index is 1.62. The molecular formula is C22H17ClF3N5O. The molecule has 0 radical (unpaired) electrons. The molecule has 4 rings (SSSR count). The fourth-order valence-electron chi connectivity index (χ4n) is 3.36. The number of rotatable bonds is 4. The Morgan fingerprint density at radius 2 is 1.84 bits per heavy atom. The van der Waals surface area contributed by atoms with Crippen LogP contribution in [0.4, 0.5) is 18.9 Å². The van der Waals surface area contributed by atoms with Crippen molar-refractivity contribution in [3.8, 4) is 11.4 Å². The number of carbonyl (C=O) groups is 1. The molecule has 0 unspecified atom stereocenters. The quantitative estimate of drug-likeness (QED) is 0.451. The van der Waals surface area contributed by atoms with Crippen LogP contribution in [0.1, 0.15) is 22.5 Å². The molecule has 1 N–H and O–H groups in total. The van der Waals surface area contributed by atoms with Crippen LogP contribution in [0.5, 0.6) is 0 Å². The second-order valence-electron chi connectivity index (χ2n) is 7.19. The molecule has 164 valence electrons. The molecule has 0 atom stereocenters. The number of benzene rings is 2. The van der Waals surface area contributed by atoms with Crippen molar-refractivity contribution in [3.63, 3.8) is 0 Å². The van der Waals surface area contributed by atoms with E-state index in [4.69, 9.17) is 11.6 Å². The molecule has 2 heterocycles. The lowest BCUT2D eigenvalue weighted by Gasteiger charge is -2.12. The van der Waals surface area contributed by atoms with Crippen molar-refractivity contribution in [1.82, 2.24) is 19.6 Å². The molecule has 0 aliphatic carbocycles. The van der Waals surface area contributed by atoms with Gasteiger partial charge in [-0.1, -0.05) is 29.8 Å². The maximum atomic E-state index is 12.9. The average Bonchev–Trinajstić information content (AvgIpc) is 3.15. The number of hydrogen-bond donors (Lipinski definition) is 1. The van der Waals surface area contributed by atoms with Gasteiger partial charge in [0.05, 0.1) is 17.0 Å². The van der Waals surface area contributed by atoms with Crippen LogP contribution in [0.25, 0.3) is 17.2 Å². The fraction of sp³-hybridized carbons (Fsp3) is 0.182. The standard InChI is InChI=1S/C22H17ClF3N5O/c1-12-17(11-19(32)28-15-7-5-6-14(10-15)22(24,25)26)13(2)31-21(27-12)29-20(30-31)16-8-3-4-9-18(16)23/h3-10H,11H2,1-2H3,(H,28,32). The maximum Gasteiger partial charge on any atom is 0.416 e. The van der Waals surface area contributed by atoms with Crippen molar-refractivity contribution in [2.45, 2.75) is 26.4 Å². The molecule has 2 aromatic carbocycles. The van der Waals surface area contributed by atoms with E-state index in [2.05, 4.69) is 20.4 Å². The topological polar surface area (TPSA) is 72.2 Å². The van der Waals surface area contributed by atoms with Crippen molar-refractivity contribution in [3.05, 3.63) is 76.1 Å². The second kappa shape index (κ2) is 8.23. The summed E-state index contributed by atoms with van der Waals surface area (Å²) in [6, 6.07) is 11.6. The highest BCUT2D eigenvalue weighted by Gasteiger charge is 2.30. The molecule has 1 amide bonds. The van der Waals surface area contributed by atoms with E-state index in [-0.39, 0.29) is 12.1 Å². The molecule has 0 saturated heterocycles. The molecule has 10 heteroatoms. The van der Waals surface area contributed by atoms with Crippen LogP contribution in [0.15, 0.2) is 48.5 Å². The number of anilines is 1. The van der Waals surface area contributed by atoms with Gasteiger partial charge in [-0.2, -0.15) is 18.2 Å². The summed E-state index contributed by atoms with van der Waals surface area (Å²) in [5.74, 6) is 0.288. The normalized spacial score (nSPS) is 11.7. The second-order valence-corrected chi connectivity index (χ2v) is 7.60. The average molecular weight is 460 g/mol. The molecule has 0 aliphatic rings. The minimum atomic E-state index is -4.49. The Morgan fingerprint density at radius 1 is 1.09 bits per heavy atom. The zero-order valence-corrected chi connectivity index (χ0v) is 17.8. The minimum Gasteiger partial charge on any atom is -0.326 e. The number of halogens is 4. The molecule has 0 aliphatic heterocycles. The Hall–Kier alpha value is -3.46. The van der Waals surface area contributed by atoms with Crippen LogP contribution in [0, 0.1) is 13.8 Å². The largest absolute Gasteiger partial charge is 0.416 e. The summed E-state index contributed by atoms with van der Waals surface area (Å²) in [5, 5.41) is 7.49. The first kappa shape index (κ1) is 21.8. The van der Waals surface area contributed by atoms with Gasteiger partial charge in [-0.15, -0.1) is 5.10 Å². The van der Waals surface area contributed by atoms with Gasteiger partial charge in [-0.3, -0.25) is 4.79 Å². The molecule has 4 aromatic rings. The van der Waals surface area contributed by atoms with Gasteiger partial charge in [0.1, 0.15) is 0 Å². The molecular weight excluding hydrogens is 443 g/mol. The molecule has 32 heavy (non-hydrogen) atoms. The molecule has 2 aromatic heterocycles. The first-order valence-corrected chi connectivity index (χ1v) is 9.96. The van der Waals surface area contributed by atoms with Gasteiger partial charge < -0.3 is 5.32 Å². The number of aryl methyl sites for hydroxylation is 2. The molecule has 0 bridgehead atoms. The van der Waals surface area contributed by atoms with E-state index in [1.54, 1.807) is 32.0 Å². The lowest BCUT2D eigenvalue weighted by molar-refractivity contribution is -0.137. The van der Waals surface area contributed by atoms with Crippen LogP contribution in [0.2, 0.25) is 5.02 Å². The highest BCUT2D eigenvalue weighted by Crippen LogP contribution is 2.31. The smallest absolute Gasteiger partial charge is 0.326 e. The van der Waals surface area contributed by atoms with Gasteiger partial charge in [0.2, 0.25) is 5.91 Å². The van der Waals surface area contributed by atoms with E-state index in [0.29, 0.717) is 39.1 Å². The Morgan fingerprint density at radius 3 is 2.56 bits per heavy atom. The van der Waals surface area contributed by atoms with E-state index >= 15 is 0 Å². The number of aromatic nitrogens is 4. The number of amides is 1. The predicted octanol–water partition coefficient (Wildman–Crippen LogP) is 5.26. The van der Waals surface area contributed by atoms with Gasteiger partial charge in [0.15, 0.2) is 5.82 Å². The van der Waals surface area contributed by atoms with E-state index < -0.39 is 17.6 Å². The summed E-state index contributed by atoms with van der Waals surface area (Å²) in [4.78, 5) is 21.4. The number of alkyl halides is 3. The van der Waals surface area contributed by atoms with Crippen molar-refractivity contribution in [2.75, 3.05) is 5.32 Å². The lowest BCUT2D eigenvalue weighted by Crippen LogP contribution is -2.18. The Labute approximate surface area is 186 Å². The van der Waals surface area contributed by atoms with Crippen molar-refractivity contribution >= 4 is 29.0 Å². The van der Waals surface area contributed by atoms with Gasteiger partial charge in [-0.25, -0.2) is 9.50 Å². The van der Waals surface area contributed by atoms with E-state index in [1.165, 1.54) is 16.6 Å². The maximum absolute atomic E-state index is 12.9. The summed E-state index contributed by atoms with van der Waals surface area (Å²) in [6.45, 7) is 3.52. The lowest BCUT2D eigenvalue weighted by atomic mass is 10.1. The third-order valence-electron chi connectivity index (χ3n) is 4.97. The summed E-state index contributed by atoms with van der Waals surface area (Å²) in [6.07, 6.45) is -4.58. The van der Waals surface area contributed by atoms with Crippen molar-refractivity contribution in [2.24, 2.45) is 0 Å². The zero-order valence-electron chi connectivity index (χ0n) is 17.0. The van der Waals surface area contributed by atoms with Crippen LogP contribution >= 0.6 is 11.6 Å². The van der Waals surface area contributed by atoms with E-state index in [1.807, 2.05) is 6.07 Å². The fourth-order valence-corrected chi connectivity index (χ4v) is 3.58. The van der Waals surface area contributed by atoms with Crippen molar-refractivity contribution in [1.29, 1.82) is 0 Å². The zero-order chi connectivity index (χ0) is 23.0. The molecule has 6 nitrogen and oxygen atoms in total. The molecule has 0 saturated carbocycles. The van der Waals surface area contributed by atoms with Crippen LogP contribution < -0.4 is 5.32 Å². The Kier molecular flexibility index (Phi) is 5.60. The van der Waals surface area contributed by atoms with Crippen molar-refractivity contribution < 1.29 is 18.0 Å². The number of carbonyl (C=O) groups excluding carboxylic acids is 1. The molecule has 0 fully saturated rings. The summed E-state index contributed by atoms with van der Waals surface area (Å²) < 4.78 is 40.3. The summed E-state index contributed by atoms with van der Waals surface area (Å²) >= 11 is 6.24. The summed E-state index contributed by atoms with van der Waals surface area (Å²) in [7, 11) is 0. The molecule has 0 spiro atoms. The Bertz CT molecular complexity index is 1330. The van der Waals surface area contributed by atoms with Gasteiger partial charge in [-0.05, 0) is 44.2 Å². The van der Waals surface area contributed by atoms with Crippen LogP contribution in [-0.2, 0) is 17.4 Å². The monoisotopic (exact) mass is 459 g/mol. The number of fused-ring (bicyclic) bond motifs is 1. The predicted molar refractivity (Wildman–Crippen MR) is 114 cm³/mol. The minimum absolute atomic E-state index is 0.0657. The summed E-state index contributed by atoms with van der Waals surface area (Å²) in [5.41, 5.74) is 1.72. The van der Waals surface area contributed by atoms with Gasteiger partial charge >= 0.3 is 6.18 Å². The number of hydrogen-bond acceptors (Lipinski definition) is 4. The first-order valence-electron chi connectivity index (χ1n) is 9.58. The van der Waals surface area contributed by atoms with Crippen LogP contribution in [0.3, 0.4) is 0 Å². The number of nitrogens with zero attached hydrogens (tertiary/aromatic N) is 4. The SMILES string of the molecule is Cc1nc2nc(-c3ccccc3Cl)nn2c(C)c1CC(=O)Nc1cccc(C(F)(F)F)c1. The van der Waals surface area contributed by atoms with Gasteiger partial charge in [0, 0.05) is 28.2 Å².